The summed E-state index contributed by atoms with van der Waals surface area (Å²) in [6.45, 7) is 2.87. The van der Waals surface area contributed by atoms with Crippen LogP contribution in [0.2, 0.25) is 10.0 Å². The molecule has 2 atom stereocenters. The number of hydrogen-bond acceptors (Lipinski definition) is 3. The number of carbonyl (C=O) groups excluding carboxylic acids is 2. The van der Waals surface area contributed by atoms with Gasteiger partial charge in [-0.2, -0.15) is 0 Å². The molecule has 1 aromatic heterocycles. The minimum atomic E-state index is -0.0479. The summed E-state index contributed by atoms with van der Waals surface area (Å²) in [5, 5.41) is 5.70. The Morgan fingerprint density at radius 2 is 1.68 bits per heavy atom. The van der Waals surface area contributed by atoms with Crippen molar-refractivity contribution >= 4 is 45.9 Å². The van der Waals surface area contributed by atoms with Crippen LogP contribution in [-0.2, 0) is 13.0 Å². The van der Waals surface area contributed by atoms with E-state index in [1.165, 1.54) is 5.56 Å². The summed E-state index contributed by atoms with van der Waals surface area (Å²) in [5.74, 6) is -0.0494. The van der Waals surface area contributed by atoms with Gasteiger partial charge < -0.3 is 10.2 Å². The fourth-order valence-electron chi connectivity index (χ4n) is 5.33. The molecule has 4 aromatic rings. The normalized spacial score (nSPS) is 17.8. The lowest BCUT2D eigenvalue weighted by Gasteiger charge is -2.40. The quantitative estimate of drug-likeness (QED) is 0.303. The zero-order valence-electron chi connectivity index (χ0n) is 20.7. The van der Waals surface area contributed by atoms with E-state index in [-0.39, 0.29) is 23.9 Å². The zero-order valence-corrected chi connectivity index (χ0v) is 22.2. The zero-order chi connectivity index (χ0) is 25.9. The van der Waals surface area contributed by atoms with Crippen LogP contribution in [0.5, 0.6) is 0 Å². The van der Waals surface area contributed by atoms with Gasteiger partial charge in [0.05, 0.1) is 5.52 Å². The van der Waals surface area contributed by atoms with Crippen molar-refractivity contribution in [2.24, 2.45) is 0 Å². The van der Waals surface area contributed by atoms with E-state index in [4.69, 9.17) is 23.2 Å². The molecule has 0 aliphatic carbocycles. The average molecular weight is 534 g/mol. The van der Waals surface area contributed by atoms with Gasteiger partial charge in [-0.3, -0.25) is 14.2 Å². The van der Waals surface area contributed by atoms with E-state index in [0.717, 1.165) is 35.7 Å². The van der Waals surface area contributed by atoms with E-state index < -0.39 is 0 Å². The van der Waals surface area contributed by atoms with Gasteiger partial charge >= 0.3 is 0 Å². The van der Waals surface area contributed by atoms with E-state index in [0.29, 0.717) is 28.7 Å². The molecule has 37 heavy (non-hydrogen) atoms. The Kier molecular flexibility index (Phi) is 7.65. The van der Waals surface area contributed by atoms with Crippen molar-refractivity contribution in [3.05, 3.63) is 106 Å². The lowest BCUT2D eigenvalue weighted by Crippen LogP contribution is -2.51. The number of piperidine rings is 1. The van der Waals surface area contributed by atoms with Crippen LogP contribution in [0.1, 0.15) is 46.0 Å². The number of para-hydroxylation sites is 1. The van der Waals surface area contributed by atoms with Crippen molar-refractivity contribution in [1.82, 2.24) is 14.8 Å². The lowest BCUT2D eigenvalue weighted by molar-refractivity contribution is 0.0576. The average Bonchev–Trinajstić information content (AvgIpc) is 3.26. The van der Waals surface area contributed by atoms with Crippen molar-refractivity contribution in [2.45, 2.75) is 44.8 Å². The minimum absolute atomic E-state index is 0.00156. The third-order valence-electron chi connectivity index (χ3n) is 7.12. The number of likely N-dealkylation sites (tertiary alicyclic amines) is 1. The highest BCUT2D eigenvalue weighted by atomic mass is 35.5. The second-order valence-electron chi connectivity index (χ2n) is 9.66. The molecule has 3 aromatic carbocycles. The predicted molar refractivity (Wildman–Crippen MR) is 150 cm³/mol. The smallest absolute Gasteiger partial charge is 0.254 e. The molecule has 2 unspecified atom stereocenters. The van der Waals surface area contributed by atoms with Crippen LogP contribution in [0, 0.1) is 0 Å². The van der Waals surface area contributed by atoms with Crippen LogP contribution in [0.3, 0.4) is 0 Å². The molecular weight excluding hydrogens is 505 g/mol. The Morgan fingerprint density at radius 3 is 2.41 bits per heavy atom. The summed E-state index contributed by atoms with van der Waals surface area (Å²) in [4.78, 5) is 27.7. The molecule has 0 radical (unpaired) electrons. The van der Waals surface area contributed by atoms with Gasteiger partial charge in [-0.1, -0.05) is 71.7 Å². The van der Waals surface area contributed by atoms with Gasteiger partial charge in [0.15, 0.2) is 0 Å². The van der Waals surface area contributed by atoms with Crippen molar-refractivity contribution in [3.8, 4) is 0 Å². The van der Waals surface area contributed by atoms with Gasteiger partial charge in [-0.25, -0.2) is 0 Å². The first-order valence-electron chi connectivity index (χ1n) is 12.5. The van der Waals surface area contributed by atoms with E-state index in [1.54, 1.807) is 29.7 Å². The maximum atomic E-state index is 13.6. The van der Waals surface area contributed by atoms with Crippen LogP contribution in [0.4, 0.5) is 0 Å². The summed E-state index contributed by atoms with van der Waals surface area (Å²) in [7, 11) is 0. The second-order valence-corrected chi connectivity index (χ2v) is 10.5. The first kappa shape index (κ1) is 25.5. The standard InChI is InChI=1S/C30H29Cl2N3O2/c1-20(36)35-19-23(28-9-5-6-10-29(28)35)18-33-26-11-12-34(27(17-26)13-21-7-3-2-4-8-21)30(37)22-14-24(31)16-25(32)15-22/h2-10,14-16,19,26-27,33H,11-13,17-18H2,1H3. The summed E-state index contributed by atoms with van der Waals surface area (Å²) < 4.78 is 1.71. The molecule has 2 heterocycles. The Labute approximate surface area is 227 Å². The van der Waals surface area contributed by atoms with E-state index in [2.05, 4.69) is 23.5 Å². The number of fused-ring (bicyclic) bond motifs is 1. The highest BCUT2D eigenvalue weighted by Crippen LogP contribution is 2.27. The highest BCUT2D eigenvalue weighted by molar-refractivity contribution is 6.35. The third-order valence-corrected chi connectivity index (χ3v) is 7.55. The van der Waals surface area contributed by atoms with Gasteiger partial charge in [0.2, 0.25) is 5.91 Å². The number of benzene rings is 3. The van der Waals surface area contributed by atoms with Crippen LogP contribution < -0.4 is 5.32 Å². The first-order valence-corrected chi connectivity index (χ1v) is 13.3. The van der Waals surface area contributed by atoms with Crippen molar-refractivity contribution in [1.29, 1.82) is 0 Å². The maximum Gasteiger partial charge on any atom is 0.254 e. The Balaban J connectivity index is 1.35. The van der Waals surface area contributed by atoms with E-state index in [9.17, 15) is 9.59 Å². The van der Waals surface area contributed by atoms with Crippen LogP contribution in [0.25, 0.3) is 10.9 Å². The first-order chi connectivity index (χ1) is 17.9. The molecule has 1 saturated heterocycles. The van der Waals surface area contributed by atoms with Crippen molar-refractivity contribution in [2.75, 3.05) is 6.54 Å². The lowest BCUT2D eigenvalue weighted by atomic mass is 9.91. The molecule has 1 aliphatic rings. The Hall–Kier alpha value is -3.12. The molecule has 0 saturated carbocycles. The third kappa shape index (κ3) is 5.74. The number of aromatic nitrogens is 1. The molecule has 7 heteroatoms. The molecule has 1 aliphatic heterocycles. The summed E-state index contributed by atoms with van der Waals surface area (Å²) in [6, 6.07) is 23.5. The largest absolute Gasteiger partial charge is 0.335 e. The number of amides is 1. The van der Waals surface area contributed by atoms with Crippen LogP contribution in [0.15, 0.2) is 79.0 Å². The topological polar surface area (TPSA) is 54.3 Å². The number of hydrogen-bond donors (Lipinski definition) is 1. The fraction of sp³-hybridized carbons (Fsp3) is 0.267. The predicted octanol–water partition coefficient (Wildman–Crippen LogP) is 6.61. The summed E-state index contributed by atoms with van der Waals surface area (Å²) >= 11 is 12.4. The molecule has 1 N–H and O–H groups in total. The summed E-state index contributed by atoms with van der Waals surface area (Å²) in [5.41, 5.74) is 3.73. The van der Waals surface area contributed by atoms with Gasteiger partial charge in [0, 0.05) is 59.3 Å². The number of nitrogens with one attached hydrogen (secondary N) is 1. The van der Waals surface area contributed by atoms with E-state index >= 15 is 0 Å². The van der Waals surface area contributed by atoms with Gasteiger partial charge in [0.1, 0.15) is 0 Å². The summed E-state index contributed by atoms with van der Waals surface area (Å²) in [6.07, 6.45) is 4.35. The number of halogens is 2. The second kappa shape index (κ2) is 11.1. The molecule has 190 valence electrons. The van der Waals surface area contributed by atoms with Gasteiger partial charge in [0.25, 0.3) is 5.91 Å². The van der Waals surface area contributed by atoms with Crippen LogP contribution in [-0.4, -0.2) is 39.9 Å². The number of nitrogens with zero attached hydrogens (tertiary/aromatic N) is 2. The molecule has 1 amide bonds. The molecule has 5 nitrogen and oxygen atoms in total. The van der Waals surface area contributed by atoms with E-state index in [1.807, 2.05) is 47.5 Å². The SMILES string of the molecule is CC(=O)n1cc(CNC2CCN(C(=O)c3cc(Cl)cc(Cl)c3)C(Cc3ccccc3)C2)c2ccccc21. The highest BCUT2D eigenvalue weighted by Gasteiger charge is 2.32. The Morgan fingerprint density at radius 1 is 0.973 bits per heavy atom. The maximum absolute atomic E-state index is 13.6. The molecule has 1 fully saturated rings. The van der Waals surface area contributed by atoms with Crippen LogP contribution >= 0.6 is 23.2 Å². The molecular formula is C30H29Cl2N3O2. The number of rotatable bonds is 6. The molecule has 0 spiro atoms. The number of carbonyl (C=O) groups is 2. The molecule has 0 bridgehead atoms. The van der Waals surface area contributed by atoms with Crippen molar-refractivity contribution in [3.63, 3.8) is 0 Å². The minimum Gasteiger partial charge on any atom is -0.335 e. The molecule has 5 rings (SSSR count). The van der Waals surface area contributed by atoms with Gasteiger partial charge in [-0.05, 0) is 54.7 Å². The van der Waals surface area contributed by atoms with Gasteiger partial charge in [-0.15, -0.1) is 0 Å². The fourth-order valence-corrected chi connectivity index (χ4v) is 5.86. The Bertz CT molecular complexity index is 1410. The van der Waals surface area contributed by atoms with Crippen molar-refractivity contribution < 1.29 is 9.59 Å². The monoisotopic (exact) mass is 533 g/mol.